The Morgan fingerprint density at radius 3 is 2.80 bits per heavy atom. The molecule has 0 N–H and O–H groups in total. The summed E-state index contributed by atoms with van der Waals surface area (Å²) in [5.74, 6) is 0.488. The van der Waals surface area contributed by atoms with Crippen molar-refractivity contribution in [2.45, 2.75) is 6.42 Å². The van der Waals surface area contributed by atoms with Gasteiger partial charge in [-0.15, -0.1) is 5.10 Å². The third-order valence-electron chi connectivity index (χ3n) is 2.87. The number of rotatable bonds is 3. The zero-order valence-electron chi connectivity index (χ0n) is 10.9. The Hall–Kier alpha value is -2.76. The van der Waals surface area contributed by atoms with Gasteiger partial charge in [-0.2, -0.15) is 4.98 Å². The molecule has 0 spiro atoms. The van der Waals surface area contributed by atoms with Crippen molar-refractivity contribution < 1.29 is 9.53 Å². The number of aromatic nitrogens is 4. The fourth-order valence-electron chi connectivity index (χ4n) is 1.88. The minimum atomic E-state index is -0.371. The smallest absolute Gasteiger partial charge is 0.313 e. The van der Waals surface area contributed by atoms with Gasteiger partial charge in [0.1, 0.15) is 6.42 Å². The number of methoxy groups -OCH3 is 1. The molecule has 6 nitrogen and oxygen atoms in total. The lowest BCUT2D eigenvalue weighted by atomic mass is 10.1. The summed E-state index contributed by atoms with van der Waals surface area (Å²) in [7, 11) is 1.34. The number of hydrogen-bond donors (Lipinski definition) is 0. The number of hydrogen-bond acceptors (Lipinski definition) is 5. The van der Waals surface area contributed by atoms with Crippen molar-refractivity contribution >= 4 is 11.7 Å². The second-order valence-electron chi connectivity index (χ2n) is 4.23. The number of nitrogens with zero attached hydrogens (tertiary/aromatic N) is 4. The summed E-state index contributed by atoms with van der Waals surface area (Å²) in [6.45, 7) is 0. The van der Waals surface area contributed by atoms with Crippen molar-refractivity contribution in [2.24, 2.45) is 0 Å². The van der Waals surface area contributed by atoms with Crippen LogP contribution in [0.15, 0.2) is 42.7 Å². The van der Waals surface area contributed by atoms with Gasteiger partial charge in [0.2, 0.25) is 0 Å². The maximum Gasteiger partial charge on any atom is 0.313 e. The number of benzene rings is 1. The van der Waals surface area contributed by atoms with E-state index < -0.39 is 0 Å². The second-order valence-corrected chi connectivity index (χ2v) is 4.23. The van der Waals surface area contributed by atoms with Gasteiger partial charge in [-0.3, -0.25) is 4.79 Å². The van der Waals surface area contributed by atoms with Gasteiger partial charge < -0.3 is 4.74 Å². The van der Waals surface area contributed by atoms with E-state index in [0.717, 1.165) is 11.1 Å². The molecule has 0 atom stereocenters. The lowest BCUT2D eigenvalue weighted by Gasteiger charge is -2.00. The van der Waals surface area contributed by atoms with Crippen LogP contribution in [0.5, 0.6) is 0 Å². The first-order valence-corrected chi connectivity index (χ1v) is 6.10. The molecular formula is C14H12N4O2. The normalized spacial score (nSPS) is 10.7. The van der Waals surface area contributed by atoms with Crippen LogP contribution in [0, 0.1) is 0 Å². The van der Waals surface area contributed by atoms with Gasteiger partial charge in [0.25, 0.3) is 5.78 Å². The number of ether oxygens (including phenoxy) is 1. The molecule has 0 saturated heterocycles. The van der Waals surface area contributed by atoms with Crippen LogP contribution in [0.3, 0.4) is 0 Å². The van der Waals surface area contributed by atoms with Crippen LogP contribution in [0.2, 0.25) is 0 Å². The summed E-state index contributed by atoms with van der Waals surface area (Å²) in [6, 6.07) is 9.87. The zero-order chi connectivity index (χ0) is 13.9. The highest BCUT2D eigenvalue weighted by molar-refractivity contribution is 5.71. The molecule has 3 rings (SSSR count). The Kier molecular flexibility index (Phi) is 3.12. The Balaban J connectivity index is 1.97. The quantitative estimate of drug-likeness (QED) is 0.673. The third kappa shape index (κ3) is 2.35. The predicted molar refractivity (Wildman–Crippen MR) is 71.9 cm³/mol. The maximum atomic E-state index is 11.2. The average Bonchev–Trinajstić information content (AvgIpc) is 2.89. The first-order chi connectivity index (χ1) is 9.76. The van der Waals surface area contributed by atoms with Crippen molar-refractivity contribution in [3.05, 3.63) is 48.5 Å². The minimum Gasteiger partial charge on any atom is -0.469 e. The average molecular weight is 268 g/mol. The molecule has 0 unspecified atom stereocenters. The zero-order valence-corrected chi connectivity index (χ0v) is 10.9. The van der Waals surface area contributed by atoms with Gasteiger partial charge in [0.15, 0.2) is 5.82 Å². The molecule has 0 aliphatic heterocycles. The summed E-state index contributed by atoms with van der Waals surface area (Å²) in [4.78, 5) is 19.6. The fourth-order valence-corrected chi connectivity index (χ4v) is 1.88. The van der Waals surface area contributed by atoms with Gasteiger partial charge in [-0.05, 0) is 5.56 Å². The molecule has 0 aliphatic rings. The van der Waals surface area contributed by atoms with E-state index in [1.807, 2.05) is 36.5 Å². The fraction of sp³-hybridized carbons (Fsp3) is 0.143. The van der Waals surface area contributed by atoms with Crippen LogP contribution in [0.1, 0.15) is 5.82 Å². The first kappa shape index (κ1) is 12.3. The van der Waals surface area contributed by atoms with Gasteiger partial charge in [-0.25, -0.2) is 9.50 Å². The van der Waals surface area contributed by atoms with E-state index >= 15 is 0 Å². The van der Waals surface area contributed by atoms with E-state index in [9.17, 15) is 4.79 Å². The van der Waals surface area contributed by atoms with Gasteiger partial charge >= 0.3 is 5.97 Å². The third-order valence-corrected chi connectivity index (χ3v) is 2.87. The molecule has 1 aromatic carbocycles. The maximum absolute atomic E-state index is 11.2. The van der Waals surface area contributed by atoms with Gasteiger partial charge in [0, 0.05) is 18.0 Å². The Morgan fingerprint density at radius 1 is 1.25 bits per heavy atom. The van der Waals surface area contributed by atoms with Crippen molar-refractivity contribution in [1.29, 1.82) is 0 Å². The topological polar surface area (TPSA) is 69.4 Å². The Labute approximate surface area is 115 Å². The summed E-state index contributed by atoms with van der Waals surface area (Å²) >= 11 is 0. The van der Waals surface area contributed by atoms with E-state index in [-0.39, 0.29) is 12.4 Å². The largest absolute Gasteiger partial charge is 0.469 e. The first-order valence-electron chi connectivity index (χ1n) is 6.10. The number of carbonyl (C=O) groups is 1. The molecule has 0 saturated carbocycles. The van der Waals surface area contributed by atoms with Crippen molar-refractivity contribution in [3.8, 4) is 11.1 Å². The SMILES string of the molecule is COC(=O)Cc1nc2ncc(-c3ccccc3)cn2n1. The Morgan fingerprint density at radius 2 is 2.05 bits per heavy atom. The highest BCUT2D eigenvalue weighted by Crippen LogP contribution is 2.17. The van der Waals surface area contributed by atoms with Crippen LogP contribution in [0.4, 0.5) is 0 Å². The van der Waals surface area contributed by atoms with Crippen molar-refractivity contribution in [1.82, 2.24) is 19.6 Å². The lowest BCUT2D eigenvalue weighted by Crippen LogP contribution is -2.05. The van der Waals surface area contributed by atoms with E-state index in [0.29, 0.717) is 11.6 Å². The molecule has 20 heavy (non-hydrogen) atoms. The van der Waals surface area contributed by atoms with Gasteiger partial charge in [0.05, 0.1) is 7.11 Å². The van der Waals surface area contributed by atoms with Crippen molar-refractivity contribution in [2.75, 3.05) is 7.11 Å². The van der Waals surface area contributed by atoms with Crippen LogP contribution in [-0.4, -0.2) is 32.7 Å². The highest BCUT2D eigenvalue weighted by Gasteiger charge is 2.10. The molecule has 0 radical (unpaired) electrons. The highest BCUT2D eigenvalue weighted by atomic mass is 16.5. The molecule has 0 bridgehead atoms. The summed E-state index contributed by atoms with van der Waals surface area (Å²) in [5.41, 5.74) is 1.99. The molecule has 6 heteroatoms. The molecule has 3 aromatic rings. The Bertz CT molecular complexity index is 752. The predicted octanol–water partition coefficient (Wildman–Crippen LogP) is 1.51. The molecule has 0 amide bonds. The number of carbonyl (C=O) groups excluding carboxylic acids is 1. The van der Waals surface area contributed by atoms with Crippen LogP contribution in [-0.2, 0) is 16.0 Å². The lowest BCUT2D eigenvalue weighted by molar-refractivity contribution is -0.139. The minimum absolute atomic E-state index is 0.0422. The molecule has 0 aliphatic carbocycles. The van der Waals surface area contributed by atoms with E-state index in [4.69, 9.17) is 0 Å². The molecule has 0 fully saturated rings. The van der Waals surface area contributed by atoms with Crippen LogP contribution in [0.25, 0.3) is 16.9 Å². The van der Waals surface area contributed by atoms with Crippen LogP contribution >= 0.6 is 0 Å². The number of esters is 1. The van der Waals surface area contributed by atoms with Crippen LogP contribution < -0.4 is 0 Å². The number of fused-ring (bicyclic) bond motifs is 1. The van der Waals surface area contributed by atoms with E-state index in [2.05, 4.69) is 19.8 Å². The second kappa shape index (κ2) is 5.08. The van der Waals surface area contributed by atoms with E-state index in [1.54, 1.807) is 10.7 Å². The summed E-state index contributed by atoms with van der Waals surface area (Å²) < 4.78 is 6.16. The summed E-state index contributed by atoms with van der Waals surface area (Å²) in [5, 5.41) is 4.23. The molecule has 2 aromatic heterocycles. The monoisotopic (exact) mass is 268 g/mol. The van der Waals surface area contributed by atoms with Gasteiger partial charge in [-0.1, -0.05) is 30.3 Å². The standard InChI is InChI=1S/C14H12N4O2/c1-20-13(19)7-12-16-14-15-8-11(9-18(14)17-12)10-5-3-2-4-6-10/h2-6,8-9H,7H2,1H3. The molecule has 2 heterocycles. The van der Waals surface area contributed by atoms with Crippen molar-refractivity contribution in [3.63, 3.8) is 0 Å². The summed E-state index contributed by atoms with van der Waals surface area (Å²) in [6.07, 6.45) is 3.62. The molecular weight excluding hydrogens is 256 g/mol. The molecule has 100 valence electrons. The van der Waals surface area contributed by atoms with E-state index in [1.165, 1.54) is 7.11 Å².